The van der Waals surface area contributed by atoms with Crippen molar-refractivity contribution in [3.63, 3.8) is 0 Å². The zero-order valence-electron chi connectivity index (χ0n) is 14.6. The number of ether oxygens (including phenoxy) is 2. The predicted molar refractivity (Wildman–Crippen MR) is 97.7 cm³/mol. The molecule has 1 aliphatic carbocycles. The van der Waals surface area contributed by atoms with Crippen LogP contribution in [0.5, 0.6) is 5.75 Å². The molecule has 0 bridgehead atoms. The number of benzene rings is 1. The first-order valence-corrected chi connectivity index (χ1v) is 9.31. The predicted octanol–water partition coefficient (Wildman–Crippen LogP) is 3.53. The molecule has 0 radical (unpaired) electrons. The van der Waals surface area contributed by atoms with Gasteiger partial charge in [0.2, 0.25) is 0 Å². The Hall–Kier alpha value is -1.91. The van der Waals surface area contributed by atoms with Crippen LogP contribution >= 0.6 is 0 Å². The van der Waals surface area contributed by atoms with Crippen molar-refractivity contribution in [2.75, 3.05) is 19.8 Å². The highest BCUT2D eigenvalue weighted by Gasteiger charge is 2.38. The minimum atomic E-state index is 0.513. The standard InChI is InChI=1S/C21H26N2O2/c1-2-4-16(5-3-1)14-24-9-7-17-11-21(17)18-10-20(13-22-12-18)25-15-19-6-8-23-19/h1-5,10,12-13,17,19,21,23H,6-9,11,14-15H2/t17-,19-,21-/m0/s1. The third-order valence-electron chi connectivity index (χ3n) is 5.21. The molecule has 1 saturated heterocycles. The van der Waals surface area contributed by atoms with Gasteiger partial charge in [0.25, 0.3) is 0 Å². The van der Waals surface area contributed by atoms with Gasteiger partial charge in [0.15, 0.2) is 0 Å². The highest BCUT2D eigenvalue weighted by molar-refractivity contribution is 5.30. The van der Waals surface area contributed by atoms with E-state index in [1.807, 2.05) is 18.5 Å². The van der Waals surface area contributed by atoms with Crippen LogP contribution in [-0.4, -0.2) is 30.8 Å². The number of hydrogen-bond donors (Lipinski definition) is 1. The number of aromatic nitrogens is 1. The Morgan fingerprint density at radius 2 is 2.04 bits per heavy atom. The second-order valence-electron chi connectivity index (χ2n) is 7.13. The van der Waals surface area contributed by atoms with Crippen molar-refractivity contribution in [1.29, 1.82) is 0 Å². The average Bonchev–Trinajstić information content (AvgIpc) is 3.38. The fourth-order valence-electron chi connectivity index (χ4n) is 3.38. The van der Waals surface area contributed by atoms with Crippen molar-refractivity contribution in [3.8, 4) is 5.75 Å². The zero-order valence-corrected chi connectivity index (χ0v) is 14.6. The van der Waals surface area contributed by atoms with E-state index < -0.39 is 0 Å². The Kier molecular flexibility index (Phi) is 5.28. The molecule has 0 spiro atoms. The van der Waals surface area contributed by atoms with Gasteiger partial charge in [-0.1, -0.05) is 30.3 Å². The third kappa shape index (κ3) is 4.59. The van der Waals surface area contributed by atoms with E-state index in [4.69, 9.17) is 9.47 Å². The maximum atomic E-state index is 5.86. The smallest absolute Gasteiger partial charge is 0.137 e. The summed E-state index contributed by atoms with van der Waals surface area (Å²) in [5.41, 5.74) is 2.55. The summed E-state index contributed by atoms with van der Waals surface area (Å²) >= 11 is 0. The normalized spacial score (nSPS) is 24.6. The molecular weight excluding hydrogens is 312 g/mol. The van der Waals surface area contributed by atoms with Crippen LogP contribution in [0.3, 0.4) is 0 Å². The van der Waals surface area contributed by atoms with Gasteiger partial charge in [-0.25, -0.2) is 0 Å². The van der Waals surface area contributed by atoms with Crippen molar-refractivity contribution < 1.29 is 9.47 Å². The highest BCUT2D eigenvalue weighted by Crippen LogP contribution is 2.49. The molecule has 1 aromatic heterocycles. The van der Waals surface area contributed by atoms with Gasteiger partial charge in [0.05, 0.1) is 12.8 Å². The van der Waals surface area contributed by atoms with E-state index in [-0.39, 0.29) is 0 Å². The van der Waals surface area contributed by atoms with Crippen LogP contribution in [-0.2, 0) is 11.3 Å². The van der Waals surface area contributed by atoms with Crippen molar-refractivity contribution in [1.82, 2.24) is 10.3 Å². The lowest BCUT2D eigenvalue weighted by Crippen LogP contribution is -2.46. The van der Waals surface area contributed by atoms with Gasteiger partial charge in [-0.15, -0.1) is 0 Å². The van der Waals surface area contributed by atoms with E-state index in [0.717, 1.165) is 37.8 Å². The van der Waals surface area contributed by atoms with E-state index >= 15 is 0 Å². The summed E-state index contributed by atoms with van der Waals surface area (Å²) in [7, 11) is 0. The molecule has 1 aliphatic heterocycles. The van der Waals surface area contributed by atoms with E-state index in [9.17, 15) is 0 Å². The topological polar surface area (TPSA) is 43.4 Å². The lowest BCUT2D eigenvalue weighted by molar-refractivity contribution is 0.114. The molecule has 4 heteroatoms. The first-order chi connectivity index (χ1) is 12.4. The van der Waals surface area contributed by atoms with E-state index in [0.29, 0.717) is 18.6 Å². The zero-order chi connectivity index (χ0) is 16.9. The van der Waals surface area contributed by atoms with Gasteiger partial charge in [-0.2, -0.15) is 0 Å². The van der Waals surface area contributed by atoms with Crippen LogP contribution in [0.1, 0.15) is 36.3 Å². The molecule has 132 valence electrons. The lowest BCUT2D eigenvalue weighted by atomic mass is 10.1. The molecule has 2 fully saturated rings. The van der Waals surface area contributed by atoms with Crippen molar-refractivity contribution in [2.45, 2.75) is 37.8 Å². The van der Waals surface area contributed by atoms with E-state index in [1.54, 1.807) is 0 Å². The first-order valence-electron chi connectivity index (χ1n) is 9.31. The number of hydrogen-bond acceptors (Lipinski definition) is 4. The summed E-state index contributed by atoms with van der Waals surface area (Å²) in [5, 5.41) is 3.35. The van der Waals surface area contributed by atoms with Crippen LogP contribution in [0.25, 0.3) is 0 Å². The minimum absolute atomic E-state index is 0.513. The fourth-order valence-corrected chi connectivity index (χ4v) is 3.38. The van der Waals surface area contributed by atoms with Crippen LogP contribution in [0.4, 0.5) is 0 Å². The maximum absolute atomic E-state index is 5.86. The lowest BCUT2D eigenvalue weighted by Gasteiger charge is -2.27. The molecule has 2 aliphatic rings. The molecule has 0 amide bonds. The van der Waals surface area contributed by atoms with Gasteiger partial charge in [0, 0.05) is 18.8 Å². The molecule has 4 rings (SSSR count). The van der Waals surface area contributed by atoms with Gasteiger partial charge in [0.1, 0.15) is 12.4 Å². The molecule has 1 saturated carbocycles. The molecule has 4 nitrogen and oxygen atoms in total. The quantitative estimate of drug-likeness (QED) is 0.710. The Bertz CT molecular complexity index is 673. The second-order valence-corrected chi connectivity index (χ2v) is 7.13. The number of rotatable bonds is 9. The Morgan fingerprint density at radius 3 is 2.84 bits per heavy atom. The summed E-state index contributed by atoms with van der Waals surface area (Å²) in [4.78, 5) is 4.36. The summed E-state index contributed by atoms with van der Waals surface area (Å²) in [6.07, 6.45) is 7.38. The van der Waals surface area contributed by atoms with Gasteiger partial charge in [-0.05, 0) is 54.8 Å². The molecule has 3 atom stereocenters. The average molecular weight is 338 g/mol. The van der Waals surface area contributed by atoms with Crippen molar-refractivity contribution >= 4 is 0 Å². The van der Waals surface area contributed by atoms with Crippen LogP contribution in [0.15, 0.2) is 48.8 Å². The number of nitrogens with zero attached hydrogens (tertiary/aromatic N) is 1. The van der Waals surface area contributed by atoms with E-state index in [1.165, 1.54) is 24.0 Å². The maximum Gasteiger partial charge on any atom is 0.137 e. The summed E-state index contributed by atoms with van der Waals surface area (Å²) in [5.74, 6) is 2.25. The molecule has 2 aromatic rings. The van der Waals surface area contributed by atoms with Crippen molar-refractivity contribution in [3.05, 3.63) is 59.9 Å². The van der Waals surface area contributed by atoms with Gasteiger partial charge in [-0.3, -0.25) is 4.98 Å². The number of pyridine rings is 1. The molecule has 0 unspecified atom stereocenters. The highest BCUT2D eigenvalue weighted by atomic mass is 16.5. The Labute approximate surface area is 149 Å². The minimum Gasteiger partial charge on any atom is -0.490 e. The van der Waals surface area contributed by atoms with Crippen molar-refractivity contribution in [2.24, 2.45) is 5.92 Å². The van der Waals surface area contributed by atoms with E-state index in [2.05, 4.69) is 40.6 Å². The summed E-state index contributed by atoms with van der Waals surface area (Å²) in [6, 6.07) is 13.0. The third-order valence-corrected chi connectivity index (χ3v) is 5.21. The van der Waals surface area contributed by atoms with Crippen LogP contribution in [0.2, 0.25) is 0 Å². The monoisotopic (exact) mass is 338 g/mol. The molecule has 1 aromatic carbocycles. The Balaban J connectivity index is 1.18. The van der Waals surface area contributed by atoms with Crippen LogP contribution < -0.4 is 10.1 Å². The second kappa shape index (κ2) is 7.98. The summed E-state index contributed by atoms with van der Waals surface area (Å²) in [6.45, 7) is 3.39. The largest absolute Gasteiger partial charge is 0.490 e. The Morgan fingerprint density at radius 1 is 1.16 bits per heavy atom. The molecule has 25 heavy (non-hydrogen) atoms. The summed E-state index contributed by atoms with van der Waals surface area (Å²) < 4.78 is 11.7. The van der Waals surface area contributed by atoms with Gasteiger partial charge < -0.3 is 14.8 Å². The molecule has 2 heterocycles. The SMILES string of the molecule is c1ccc(COCC[C@H]2C[C@@H]2c2cncc(OC[C@@H]3CCN3)c2)cc1. The first kappa shape index (κ1) is 16.6. The molecular formula is C21H26N2O2. The number of nitrogens with one attached hydrogen (secondary N) is 1. The fraction of sp³-hybridized carbons (Fsp3) is 0.476. The molecule has 1 N–H and O–H groups in total. The van der Waals surface area contributed by atoms with Gasteiger partial charge >= 0.3 is 0 Å². The van der Waals surface area contributed by atoms with Crippen LogP contribution in [0, 0.1) is 5.92 Å².